The summed E-state index contributed by atoms with van der Waals surface area (Å²) in [7, 11) is 2.98. The SMILES string of the molecule is CON(C)C(=O)C1CCC(c2ccccc2)N1C(=O)OC(C)(C)C. The van der Waals surface area contributed by atoms with Gasteiger partial charge in [0.1, 0.15) is 11.6 Å². The molecule has 24 heavy (non-hydrogen) atoms. The van der Waals surface area contributed by atoms with E-state index < -0.39 is 17.7 Å². The molecule has 0 bridgehead atoms. The zero-order valence-electron chi connectivity index (χ0n) is 15.0. The molecule has 1 saturated heterocycles. The normalized spacial score (nSPS) is 20.8. The van der Waals surface area contributed by atoms with Crippen LogP contribution in [0.25, 0.3) is 0 Å². The first kappa shape index (κ1) is 18.3. The van der Waals surface area contributed by atoms with Crippen molar-refractivity contribution in [3.05, 3.63) is 35.9 Å². The maximum atomic E-state index is 12.8. The van der Waals surface area contributed by atoms with Crippen molar-refractivity contribution in [2.75, 3.05) is 14.2 Å². The van der Waals surface area contributed by atoms with Crippen LogP contribution in [0.5, 0.6) is 0 Å². The molecule has 2 amide bonds. The molecule has 0 saturated carbocycles. The zero-order chi connectivity index (χ0) is 17.9. The minimum Gasteiger partial charge on any atom is -0.444 e. The fraction of sp³-hybridized carbons (Fsp3) is 0.556. The van der Waals surface area contributed by atoms with Crippen LogP contribution in [0.3, 0.4) is 0 Å². The Bertz CT molecular complexity index is 582. The third-order valence-electron chi connectivity index (χ3n) is 4.04. The molecule has 0 spiro atoms. The topological polar surface area (TPSA) is 59.1 Å². The van der Waals surface area contributed by atoms with Crippen LogP contribution < -0.4 is 0 Å². The second-order valence-corrected chi connectivity index (χ2v) is 6.93. The quantitative estimate of drug-likeness (QED) is 0.797. The van der Waals surface area contributed by atoms with E-state index in [1.807, 2.05) is 51.1 Å². The van der Waals surface area contributed by atoms with Crippen LogP contribution in [0.4, 0.5) is 4.79 Å². The number of amides is 2. The lowest BCUT2D eigenvalue weighted by molar-refractivity contribution is -0.173. The summed E-state index contributed by atoms with van der Waals surface area (Å²) < 4.78 is 5.54. The Balaban J connectivity index is 2.32. The van der Waals surface area contributed by atoms with Crippen LogP contribution in [-0.4, -0.2) is 47.8 Å². The summed E-state index contributed by atoms with van der Waals surface area (Å²) >= 11 is 0. The highest BCUT2D eigenvalue weighted by Crippen LogP contribution is 2.37. The van der Waals surface area contributed by atoms with Crippen LogP contribution in [-0.2, 0) is 14.4 Å². The molecule has 1 heterocycles. The lowest BCUT2D eigenvalue weighted by Gasteiger charge is -2.33. The van der Waals surface area contributed by atoms with Gasteiger partial charge in [-0.25, -0.2) is 9.86 Å². The summed E-state index contributed by atoms with van der Waals surface area (Å²) in [6.07, 6.45) is 0.805. The molecular formula is C18H26N2O4. The third-order valence-corrected chi connectivity index (χ3v) is 4.04. The smallest absolute Gasteiger partial charge is 0.411 e. The molecule has 0 aromatic heterocycles. The number of rotatable bonds is 3. The van der Waals surface area contributed by atoms with Crippen LogP contribution in [0.1, 0.15) is 45.2 Å². The molecule has 1 fully saturated rings. The molecular weight excluding hydrogens is 308 g/mol. The molecule has 2 rings (SSSR count). The van der Waals surface area contributed by atoms with Gasteiger partial charge in [-0.1, -0.05) is 30.3 Å². The van der Waals surface area contributed by atoms with E-state index in [0.29, 0.717) is 12.8 Å². The van der Waals surface area contributed by atoms with E-state index in [1.54, 1.807) is 11.9 Å². The van der Waals surface area contributed by atoms with Gasteiger partial charge in [-0.3, -0.25) is 14.5 Å². The predicted octanol–water partition coefficient (Wildman–Crippen LogP) is 3.15. The van der Waals surface area contributed by atoms with Crippen molar-refractivity contribution in [1.29, 1.82) is 0 Å². The summed E-state index contributed by atoms with van der Waals surface area (Å²) in [5.74, 6) is -0.248. The van der Waals surface area contributed by atoms with Gasteiger partial charge < -0.3 is 4.74 Å². The van der Waals surface area contributed by atoms with E-state index >= 15 is 0 Å². The van der Waals surface area contributed by atoms with Crippen molar-refractivity contribution in [2.45, 2.75) is 51.3 Å². The number of likely N-dealkylation sites (tertiary alicyclic amines) is 1. The number of carbonyl (C=O) groups is 2. The number of hydroxylamine groups is 2. The predicted molar refractivity (Wildman–Crippen MR) is 90.1 cm³/mol. The van der Waals surface area contributed by atoms with E-state index in [4.69, 9.17) is 9.57 Å². The average Bonchev–Trinajstić information content (AvgIpc) is 2.97. The summed E-state index contributed by atoms with van der Waals surface area (Å²) in [6, 6.07) is 8.95. The first-order valence-corrected chi connectivity index (χ1v) is 8.12. The number of hydrogen-bond acceptors (Lipinski definition) is 4. The lowest BCUT2D eigenvalue weighted by Crippen LogP contribution is -2.48. The van der Waals surface area contributed by atoms with E-state index in [9.17, 15) is 9.59 Å². The number of hydrogen-bond donors (Lipinski definition) is 0. The Kier molecular flexibility index (Phi) is 5.49. The molecule has 2 atom stereocenters. The summed E-state index contributed by atoms with van der Waals surface area (Å²) in [5, 5.41) is 1.16. The molecule has 6 nitrogen and oxygen atoms in total. The highest BCUT2D eigenvalue weighted by Gasteiger charge is 2.44. The van der Waals surface area contributed by atoms with Crippen molar-refractivity contribution >= 4 is 12.0 Å². The Morgan fingerprint density at radius 2 is 1.79 bits per heavy atom. The molecule has 1 aromatic carbocycles. The highest BCUT2D eigenvalue weighted by atomic mass is 16.7. The first-order valence-electron chi connectivity index (χ1n) is 8.12. The van der Waals surface area contributed by atoms with Gasteiger partial charge in [-0.15, -0.1) is 0 Å². The molecule has 132 valence electrons. The molecule has 0 aliphatic carbocycles. The number of benzene rings is 1. The van der Waals surface area contributed by atoms with Crippen molar-refractivity contribution in [3.8, 4) is 0 Å². The monoisotopic (exact) mass is 334 g/mol. The van der Waals surface area contributed by atoms with Crippen molar-refractivity contribution < 1.29 is 19.2 Å². The molecule has 1 aliphatic rings. The minimum absolute atomic E-state index is 0.180. The molecule has 0 radical (unpaired) electrons. The minimum atomic E-state index is -0.623. The number of nitrogens with zero attached hydrogens (tertiary/aromatic N) is 2. The second kappa shape index (κ2) is 7.21. The Labute approximate surface area is 143 Å². The summed E-state index contributed by atoms with van der Waals surface area (Å²) in [5.41, 5.74) is 0.375. The maximum absolute atomic E-state index is 12.8. The molecule has 1 aromatic rings. The van der Waals surface area contributed by atoms with Gasteiger partial charge in [0.15, 0.2) is 0 Å². The number of likely N-dealkylation sites (N-methyl/N-ethyl adjacent to an activating group) is 1. The van der Waals surface area contributed by atoms with Crippen molar-refractivity contribution in [2.24, 2.45) is 0 Å². The highest BCUT2D eigenvalue weighted by molar-refractivity contribution is 5.86. The maximum Gasteiger partial charge on any atom is 0.411 e. The molecule has 6 heteroatoms. The van der Waals surface area contributed by atoms with E-state index in [0.717, 1.165) is 10.6 Å². The van der Waals surface area contributed by atoms with Crippen molar-refractivity contribution in [1.82, 2.24) is 9.96 Å². The van der Waals surface area contributed by atoms with E-state index in [-0.39, 0.29) is 11.9 Å². The third kappa shape index (κ3) is 4.06. The lowest BCUT2D eigenvalue weighted by atomic mass is 10.1. The fourth-order valence-electron chi connectivity index (χ4n) is 2.92. The number of carbonyl (C=O) groups excluding carboxylic acids is 2. The zero-order valence-corrected chi connectivity index (χ0v) is 15.0. The first-order chi connectivity index (χ1) is 11.2. The largest absolute Gasteiger partial charge is 0.444 e. The fourth-order valence-corrected chi connectivity index (χ4v) is 2.92. The van der Waals surface area contributed by atoms with Crippen LogP contribution in [0.15, 0.2) is 30.3 Å². The second-order valence-electron chi connectivity index (χ2n) is 6.93. The Hall–Kier alpha value is -2.08. The van der Waals surface area contributed by atoms with Gasteiger partial charge in [-0.05, 0) is 39.2 Å². The van der Waals surface area contributed by atoms with Gasteiger partial charge in [-0.2, -0.15) is 0 Å². The van der Waals surface area contributed by atoms with Crippen molar-refractivity contribution in [3.63, 3.8) is 0 Å². The van der Waals surface area contributed by atoms with Gasteiger partial charge >= 0.3 is 6.09 Å². The summed E-state index contributed by atoms with van der Waals surface area (Å²) in [6.45, 7) is 5.45. The van der Waals surface area contributed by atoms with Crippen LogP contribution in [0.2, 0.25) is 0 Å². The van der Waals surface area contributed by atoms with E-state index in [2.05, 4.69) is 0 Å². The van der Waals surface area contributed by atoms with Gasteiger partial charge in [0, 0.05) is 7.05 Å². The Morgan fingerprint density at radius 1 is 1.17 bits per heavy atom. The van der Waals surface area contributed by atoms with Crippen LogP contribution in [0, 0.1) is 0 Å². The average molecular weight is 334 g/mol. The standard InChI is InChI=1S/C18H26N2O4/c1-18(2,3)24-17(22)20-14(13-9-7-6-8-10-13)11-12-15(20)16(21)19(4)23-5/h6-10,14-15H,11-12H2,1-5H3. The molecule has 0 N–H and O–H groups in total. The molecule has 2 unspecified atom stereocenters. The van der Waals surface area contributed by atoms with Gasteiger partial charge in [0.25, 0.3) is 5.91 Å². The Morgan fingerprint density at radius 3 is 2.33 bits per heavy atom. The number of ether oxygens (including phenoxy) is 1. The van der Waals surface area contributed by atoms with Gasteiger partial charge in [0.05, 0.1) is 13.2 Å². The van der Waals surface area contributed by atoms with E-state index in [1.165, 1.54) is 7.11 Å². The van der Waals surface area contributed by atoms with Gasteiger partial charge in [0.2, 0.25) is 0 Å². The summed E-state index contributed by atoms with van der Waals surface area (Å²) in [4.78, 5) is 31.9. The van der Waals surface area contributed by atoms with Crippen LogP contribution >= 0.6 is 0 Å². The molecule has 1 aliphatic heterocycles.